The van der Waals surface area contributed by atoms with Crippen molar-refractivity contribution in [3.8, 4) is 5.88 Å². The Morgan fingerprint density at radius 2 is 1.94 bits per heavy atom. The molecule has 0 N–H and O–H groups in total. The maximum atomic E-state index is 5.78. The molecule has 0 spiro atoms. The highest BCUT2D eigenvalue weighted by atomic mass is 79.9. The molecule has 5 heteroatoms. The van der Waals surface area contributed by atoms with Crippen LogP contribution in [0.15, 0.2) is 41.3 Å². The van der Waals surface area contributed by atoms with Gasteiger partial charge in [-0.15, -0.1) is 0 Å². The van der Waals surface area contributed by atoms with E-state index in [0.717, 1.165) is 5.56 Å². The van der Waals surface area contributed by atoms with Gasteiger partial charge in [0, 0.05) is 11.1 Å². The molecule has 16 heavy (non-hydrogen) atoms. The first-order chi connectivity index (χ1) is 7.74. The third kappa shape index (κ3) is 3.18. The molecule has 0 saturated carbocycles. The highest BCUT2D eigenvalue weighted by Gasteiger charge is 1.98. The number of nitrogens with zero attached hydrogens (tertiary/aromatic N) is 2. The van der Waals surface area contributed by atoms with Gasteiger partial charge in [-0.2, -0.15) is 0 Å². The van der Waals surface area contributed by atoms with Crippen molar-refractivity contribution >= 4 is 27.5 Å². The third-order valence-electron chi connectivity index (χ3n) is 1.91. The molecule has 1 aromatic carbocycles. The summed E-state index contributed by atoms with van der Waals surface area (Å²) in [5.41, 5.74) is 1.04. The minimum Gasteiger partial charge on any atom is -0.473 e. The zero-order valence-corrected chi connectivity index (χ0v) is 10.6. The summed E-state index contributed by atoms with van der Waals surface area (Å²) in [5.74, 6) is 0.539. The Hall–Kier alpha value is -1.13. The minimum absolute atomic E-state index is 0.459. The highest BCUT2D eigenvalue weighted by molar-refractivity contribution is 9.10. The summed E-state index contributed by atoms with van der Waals surface area (Å²) in [6.07, 6.45) is 1.45. The van der Waals surface area contributed by atoms with Crippen LogP contribution >= 0.6 is 27.5 Å². The summed E-state index contributed by atoms with van der Waals surface area (Å²) in [6, 6.07) is 9.21. The van der Waals surface area contributed by atoms with Gasteiger partial charge < -0.3 is 4.74 Å². The van der Waals surface area contributed by atoms with E-state index in [1.807, 2.05) is 24.3 Å². The van der Waals surface area contributed by atoms with Gasteiger partial charge in [0.25, 0.3) is 0 Å². The number of aromatic nitrogens is 2. The molecule has 0 bridgehead atoms. The second-order valence-corrected chi connectivity index (χ2v) is 4.34. The van der Waals surface area contributed by atoms with Crippen LogP contribution in [-0.4, -0.2) is 9.97 Å². The van der Waals surface area contributed by atoms with Gasteiger partial charge in [0.2, 0.25) is 5.88 Å². The van der Waals surface area contributed by atoms with Gasteiger partial charge in [-0.05, 0) is 33.6 Å². The monoisotopic (exact) mass is 298 g/mol. The van der Waals surface area contributed by atoms with Crippen LogP contribution in [0.5, 0.6) is 5.88 Å². The first kappa shape index (κ1) is 11.4. The van der Waals surface area contributed by atoms with Crippen LogP contribution in [0.3, 0.4) is 0 Å². The van der Waals surface area contributed by atoms with Crippen LogP contribution in [0.25, 0.3) is 0 Å². The van der Waals surface area contributed by atoms with Crippen LogP contribution in [-0.2, 0) is 6.61 Å². The summed E-state index contributed by atoms with van der Waals surface area (Å²) in [5, 5.41) is 0.716. The number of halogens is 2. The lowest BCUT2D eigenvalue weighted by molar-refractivity contribution is 0.293. The second kappa shape index (κ2) is 5.27. The molecular weight excluding hydrogens is 291 g/mol. The topological polar surface area (TPSA) is 35.0 Å². The van der Waals surface area contributed by atoms with Crippen LogP contribution in [0, 0.1) is 0 Å². The van der Waals surface area contributed by atoms with E-state index in [1.165, 1.54) is 6.33 Å². The van der Waals surface area contributed by atoms with Crippen molar-refractivity contribution < 1.29 is 4.74 Å². The maximum absolute atomic E-state index is 5.78. The Labute approximate surface area is 107 Å². The maximum Gasteiger partial charge on any atom is 0.217 e. The zero-order valence-electron chi connectivity index (χ0n) is 8.23. The van der Waals surface area contributed by atoms with E-state index in [0.29, 0.717) is 22.1 Å². The van der Waals surface area contributed by atoms with Gasteiger partial charge in [0.15, 0.2) is 0 Å². The zero-order chi connectivity index (χ0) is 11.4. The molecule has 2 rings (SSSR count). The van der Waals surface area contributed by atoms with Crippen molar-refractivity contribution in [1.82, 2.24) is 9.97 Å². The molecule has 0 aliphatic carbocycles. The van der Waals surface area contributed by atoms with Gasteiger partial charge in [0.05, 0.1) is 0 Å². The predicted molar refractivity (Wildman–Crippen MR) is 65.5 cm³/mol. The number of hydrogen-bond acceptors (Lipinski definition) is 3. The van der Waals surface area contributed by atoms with Crippen molar-refractivity contribution in [1.29, 1.82) is 0 Å². The van der Waals surface area contributed by atoms with Crippen LogP contribution in [0.4, 0.5) is 0 Å². The van der Waals surface area contributed by atoms with Gasteiger partial charge in [-0.25, -0.2) is 9.97 Å². The standard InChI is InChI=1S/C11H8BrClN2O/c12-10-5-11(15-7-14-10)16-6-8-1-3-9(13)4-2-8/h1-5,7H,6H2. The van der Waals surface area contributed by atoms with Gasteiger partial charge in [-0.1, -0.05) is 23.7 Å². The summed E-state index contributed by atoms with van der Waals surface area (Å²) >= 11 is 9.03. The summed E-state index contributed by atoms with van der Waals surface area (Å²) in [4.78, 5) is 7.90. The van der Waals surface area contributed by atoms with Crippen molar-refractivity contribution in [2.45, 2.75) is 6.61 Å². The molecule has 0 fully saturated rings. The quantitative estimate of drug-likeness (QED) is 0.814. The van der Waals surface area contributed by atoms with E-state index in [4.69, 9.17) is 16.3 Å². The molecule has 2 aromatic rings. The van der Waals surface area contributed by atoms with E-state index >= 15 is 0 Å². The fourth-order valence-corrected chi connectivity index (χ4v) is 1.55. The molecule has 82 valence electrons. The average molecular weight is 300 g/mol. The number of benzene rings is 1. The fraction of sp³-hybridized carbons (Fsp3) is 0.0909. The van der Waals surface area contributed by atoms with Gasteiger partial charge in [-0.3, -0.25) is 0 Å². The fourth-order valence-electron chi connectivity index (χ4n) is 1.13. The number of ether oxygens (including phenoxy) is 1. The Kier molecular flexibility index (Phi) is 3.74. The molecule has 0 unspecified atom stereocenters. The molecule has 0 amide bonds. The van der Waals surface area contributed by atoms with E-state index in [2.05, 4.69) is 25.9 Å². The SMILES string of the molecule is Clc1ccc(COc2cc(Br)ncn2)cc1. The average Bonchev–Trinajstić information content (AvgIpc) is 2.28. The number of rotatable bonds is 3. The Morgan fingerprint density at radius 3 is 2.62 bits per heavy atom. The van der Waals surface area contributed by atoms with Crippen LogP contribution in [0.2, 0.25) is 5.02 Å². The van der Waals surface area contributed by atoms with E-state index in [1.54, 1.807) is 6.07 Å². The number of hydrogen-bond donors (Lipinski definition) is 0. The second-order valence-electron chi connectivity index (χ2n) is 3.09. The van der Waals surface area contributed by atoms with Crippen molar-refractivity contribution in [3.05, 3.63) is 51.8 Å². The molecule has 0 aliphatic rings. The largest absolute Gasteiger partial charge is 0.473 e. The Morgan fingerprint density at radius 1 is 1.19 bits per heavy atom. The first-order valence-corrected chi connectivity index (χ1v) is 5.76. The molecule has 1 aromatic heterocycles. The molecule has 0 saturated heterocycles. The lowest BCUT2D eigenvalue weighted by Gasteiger charge is -2.04. The van der Waals surface area contributed by atoms with Gasteiger partial charge in [0.1, 0.15) is 17.5 Å². The molecule has 3 nitrogen and oxygen atoms in total. The summed E-state index contributed by atoms with van der Waals surface area (Å²) in [6.45, 7) is 0.459. The molecule has 0 aliphatic heterocycles. The van der Waals surface area contributed by atoms with Crippen LogP contribution in [0.1, 0.15) is 5.56 Å². The molecular formula is C11H8BrClN2O. The summed E-state index contributed by atoms with van der Waals surface area (Å²) < 4.78 is 6.19. The summed E-state index contributed by atoms with van der Waals surface area (Å²) in [7, 11) is 0. The molecule has 0 radical (unpaired) electrons. The van der Waals surface area contributed by atoms with Crippen molar-refractivity contribution in [2.75, 3.05) is 0 Å². The normalized spacial score (nSPS) is 10.1. The van der Waals surface area contributed by atoms with Crippen molar-refractivity contribution in [3.63, 3.8) is 0 Å². The highest BCUT2D eigenvalue weighted by Crippen LogP contribution is 2.14. The molecule has 1 heterocycles. The lowest BCUT2D eigenvalue weighted by Crippen LogP contribution is -1.97. The van der Waals surface area contributed by atoms with Crippen LogP contribution < -0.4 is 4.74 Å². The molecule has 0 atom stereocenters. The van der Waals surface area contributed by atoms with Crippen molar-refractivity contribution in [2.24, 2.45) is 0 Å². The smallest absolute Gasteiger partial charge is 0.217 e. The van der Waals surface area contributed by atoms with E-state index < -0.39 is 0 Å². The Balaban J connectivity index is 1.99. The Bertz CT molecular complexity index is 476. The van der Waals surface area contributed by atoms with Gasteiger partial charge >= 0.3 is 0 Å². The third-order valence-corrected chi connectivity index (χ3v) is 2.59. The minimum atomic E-state index is 0.459. The predicted octanol–water partition coefficient (Wildman–Crippen LogP) is 3.47. The van der Waals surface area contributed by atoms with E-state index in [-0.39, 0.29) is 0 Å². The van der Waals surface area contributed by atoms with E-state index in [9.17, 15) is 0 Å². The first-order valence-electron chi connectivity index (χ1n) is 4.59. The lowest BCUT2D eigenvalue weighted by atomic mass is 10.2.